The van der Waals surface area contributed by atoms with E-state index in [4.69, 9.17) is 9.47 Å². The minimum atomic E-state index is -0.838. The van der Waals surface area contributed by atoms with Crippen LogP contribution in [0.5, 0.6) is 5.75 Å². The van der Waals surface area contributed by atoms with Gasteiger partial charge in [-0.1, -0.05) is 12.1 Å². The topological polar surface area (TPSA) is 38.7 Å². The van der Waals surface area contributed by atoms with Crippen molar-refractivity contribution in [1.29, 1.82) is 0 Å². The maximum atomic E-state index is 10.5. The highest BCUT2D eigenvalue weighted by Crippen LogP contribution is 2.28. The summed E-state index contributed by atoms with van der Waals surface area (Å²) in [6.45, 7) is 2.60. The number of methoxy groups -OCH3 is 1. The highest BCUT2D eigenvalue weighted by molar-refractivity contribution is 5.30. The van der Waals surface area contributed by atoms with E-state index in [1.54, 1.807) is 13.4 Å². The lowest BCUT2D eigenvalue weighted by molar-refractivity contribution is 0.0806. The van der Waals surface area contributed by atoms with Crippen LogP contribution in [0.25, 0.3) is 0 Å². The molecule has 0 saturated heterocycles. The SMILES string of the molecule is COc1ccc(CC(C)(O)C2=COCCC2)cc1. The number of hydrogen-bond donors (Lipinski definition) is 1. The van der Waals surface area contributed by atoms with E-state index < -0.39 is 5.60 Å². The second-order valence-corrected chi connectivity index (χ2v) is 4.92. The molecule has 1 aliphatic rings. The zero-order valence-corrected chi connectivity index (χ0v) is 11.0. The van der Waals surface area contributed by atoms with Gasteiger partial charge in [0.25, 0.3) is 0 Å². The Morgan fingerprint density at radius 2 is 2.06 bits per heavy atom. The van der Waals surface area contributed by atoms with Gasteiger partial charge in [-0.25, -0.2) is 0 Å². The summed E-state index contributed by atoms with van der Waals surface area (Å²) in [5.41, 5.74) is 1.23. The van der Waals surface area contributed by atoms with Crippen molar-refractivity contribution in [2.75, 3.05) is 13.7 Å². The molecule has 0 fully saturated rings. The van der Waals surface area contributed by atoms with Gasteiger partial charge in [-0.3, -0.25) is 0 Å². The van der Waals surface area contributed by atoms with Crippen LogP contribution in [-0.4, -0.2) is 24.4 Å². The normalized spacial score (nSPS) is 18.5. The van der Waals surface area contributed by atoms with Crippen LogP contribution >= 0.6 is 0 Å². The van der Waals surface area contributed by atoms with Gasteiger partial charge in [0.2, 0.25) is 0 Å². The fourth-order valence-corrected chi connectivity index (χ4v) is 2.22. The summed E-state index contributed by atoms with van der Waals surface area (Å²) >= 11 is 0. The van der Waals surface area contributed by atoms with Gasteiger partial charge in [-0.05, 0) is 43.0 Å². The van der Waals surface area contributed by atoms with Crippen molar-refractivity contribution in [1.82, 2.24) is 0 Å². The van der Waals surface area contributed by atoms with Crippen molar-refractivity contribution >= 4 is 0 Å². The molecule has 98 valence electrons. The van der Waals surface area contributed by atoms with Crippen molar-refractivity contribution in [3.05, 3.63) is 41.7 Å². The number of hydrogen-bond acceptors (Lipinski definition) is 3. The molecule has 1 N–H and O–H groups in total. The maximum Gasteiger partial charge on any atom is 0.118 e. The lowest BCUT2D eigenvalue weighted by Gasteiger charge is -2.29. The van der Waals surface area contributed by atoms with Crippen molar-refractivity contribution in [3.8, 4) is 5.75 Å². The Morgan fingerprint density at radius 1 is 1.33 bits per heavy atom. The molecule has 18 heavy (non-hydrogen) atoms. The third kappa shape index (κ3) is 3.05. The van der Waals surface area contributed by atoms with E-state index in [0.29, 0.717) is 6.42 Å². The van der Waals surface area contributed by atoms with E-state index in [0.717, 1.165) is 36.3 Å². The summed E-state index contributed by atoms with van der Waals surface area (Å²) in [6, 6.07) is 7.80. The van der Waals surface area contributed by atoms with Gasteiger partial charge in [0.15, 0.2) is 0 Å². The molecule has 1 aromatic rings. The molecule has 0 amide bonds. The number of benzene rings is 1. The first-order valence-corrected chi connectivity index (χ1v) is 6.28. The molecule has 0 saturated carbocycles. The number of rotatable bonds is 4. The van der Waals surface area contributed by atoms with E-state index in [-0.39, 0.29) is 0 Å². The molecule has 1 heterocycles. The van der Waals surface area contributed by atoms with Crippen LogP contribution in [0.15, 0.2) is 36.1 Å². The van der Waals surface area contributed by atoms with Crippen LogP contribution in [0, 0.1) is 0 Å². The molecular formula is C15H20O3. The van der Waals surface area contributed by atoms with Gasteiger partial charge < -0.3 is 14.6 Å². The van der Waals surface area contributed by atoms with E-state index in [2.05, 4.69) is 0 Å². The first kappa shape index (κ1) is 13.0. The fraction of sp³-hybridized carbons (Fsp3) is 0.467. The summed E-state index contributed by atoms with van der Waals surface area (Å²) in [7, 11) is 1.65. The van der Waals surface area contributed by atoms with Gasteiger partial charge in [-0.15, -0.1) is 0 Å². The van der Waals surface area contributed by atoms with Crippen LogP contribution in [0.1, 0.15) is 25.3 Å². The quantitative estimate of drug-likeness (QED) is 0.890. The lowest BCUT2D eigenvalue weighted by atomic mass is 9.86. The number of aliphatic hydroxyl groups is 1. The molecule has 1 atom stereocenters. The van der Waals surface area contributed by atoms with Crippen LogP contribution in [0.4, 0.5) is 0 Å². The fourth-order valence-electron chi connectivity index (χ4n) is 2.22. The zero-order chi connectivity index (χ0) is 13.0. The summed E-state index contributed by atoms with van der Waals surface area (Å²) in [6.07, 6.45) is 4.19. The standard InChI is InChI=1S/C15H20O3/c1-15(16,13-4-3-9-18-11-13)10-12-5-7-14(17-2)8-6-12/h5-8,11,16H,3-4,9-10H2,1-2H3. The smallest absolute Gasteiger partial charge is 0.118 e. The molecule has 0 bridgehead atoms. The molecule has 1 aromatic carbocycles. The molecule has 3 nitrogen and oxygen atoms in total. The molecule has 1 aliphatic heterocycles. The summed E-state index contributed by atoms with van der Waals surface area (Å²) in [5.74, 6) is 0.832. The predicted octanol–water partition coefficient (Wildman–Crippen LogP) is 2.68. The minimum absolute atomic E-state index is 0.589. The Balaban J connectivity index is 2.08. The first-order valence-electron chi connectivity index (χ1n) is 6.28. The van der Waals surface area contributed by atoms with Gasteiger partial charge in [0.1, 0.15) is 5.75 Å². The largest absolute Gasteiger partial charge is 0.501 e. The Labute approximate surface area is 108 Å². The van der Waals surface area contributed by atoms with Crippen LogP contribution in [0.3, 0.4) is 0 Å². The van der Waals surface area contributed by atoms with Crippen molar-refractivity contribution < 1.29 is 14.6 Å². The van der Waals surface area contributed by atoms with Crippen LogP contribution in [0.2, 0.25) is 0 Å². The van der Waals surface area contributed by atoms with Crippen molar-refractivity contribution in [2.24, 2.45) is 0 Å². The van der Waals surface area contributed by atoms with E-state index in [9.17, 15) is 5.11 Å². The van der Waals surface area contributed by atoms with E-state index in [1.807, 2.05) is 31.2 Å². The molecule has 0 radical (unpaired) electrons. The third-order valence-electron chi connectivity index (χ3n) is 3.33. The van der Waals surface area contributed by atoms with Crippen molar-refractivity contribution in [2.45, 2.75) is 31.8 Å². The average molecular weight is 248 g/mol. The summed E-state index contributed by atoms with van der Waals surface area (Å²) in [5, 5.41) is 10.5. The Morgan fingerprint density at radius 3 is 2.61 bits per heavy atom. The van der Waals surface area contributed by atoms with Crippen LogP contribution < -0.4 is 4.74 Å². The maximum absolute atomic E-state index is 10.5. The van der Waals surface area contributed by atoms with Crippen molar-refractivity contribution in [3.63, 3.8) is 0 Å². The van der Waals surface area contributed by atoms with Gasteiger partial charge in [-0.2, -0.15) is 0 Å². The molecular weight excluding hydrogens is 228 g/mol. The van der Waals surface area contributed by atoms with E-state index in [1.165, 1.54) is 0 Å². The molecule has 2 rings (SSSR count). The molecule has 3 heteroatoms. The number of ether oxygens (including phenoxy) is 2. The first-order chi connectivity index (χ1) is 8.62. The predicted molar refractivity (Wildman–Crippen MR) is 70.6 cm³/mol. The second kappa shape index (κ2) is 5.44. The lowest BCUT2D eigenvalue weighted by Crippen LogP contribution is -2.31. The highest BCUT2D eigenvalue weighted by atomic mass is 16.5. The third-order valence-corrected chi connectivity index (χ3v) is 3.33. The molecule has 0 aromatic heterocycles. The second-order valence-electron chi connectivity index (χ2n) is 4.92. The Hall–Kier alpha value is -1.48. The van der Waals surface area contributed by atoms with Gasteiger partial charge in [0, 0.05) is 6.42 Å². The minimum Gasteiger partial charge on any atom is -0.501 e. The van der Waals surface area contributed by atoms with Gasteiger partial charge >= 0.3 is 0 Å². The monoisotopic (exact) mass is 248 g/mol. The Bertz CT molecular complexity index is 418. The molecule has 1 unspecified atom stereocenters. The highest BCUT2D eigenvalue weighted by Gasteiger charge is 2.27. The average Bonchev–Trinajstić information content (AvgIpc) is 2.40. The molecule has 0 spiro atoms. The van der Waals surface area contributed by atoms with Crippen LogP contribution in [-0.2, 0) is 11.2 Å². The zero-order valence-electron chi connectivity index (χ0n) is 11.0. The van der Waals surface area contributed by atoms with E-state index >= 15 is 0 Å². The van der Waals surface area contributed by atoms with Gasteiger partial charge in [0.05, 0.1) is 25.6 Å². The summed E-state index contributed by atoms with van der Waals surface area (Å²) in [4.78, 5) is 0. The summed E-state index contributed by atoms with van der Waals surface area (Å²) < 4.78 is 10.4. The molecule has 0 aliphatic carbocycles. The Kier molecular flexibility index (Phi) is 3.92.